The Bertz CT molecular complexity index is 664. The minimum absolute atomic E-state index is 0.00182. The van der Waals surface area contributed by atoms with Gasteiger partial charge in [0.15, 0.2) is 17.0 Å². The van der Waals surface area contributed by atoms with Crippen molar-refractivity contribution < 1.29 is 12.9 Å². The van der Waals surface area contributed by atoms with Gasteiger partial charge in [0.25, 0.3) is 0 Å². The zero-order valence-corrected chi connectivity index (χ0v) is 12.5. The molecule has 0 unspecified atom stereocenters. The number of nitrogen functional groups attached to an aromatic ring is 1. The molecular formula is C9H14N6O3S2. The summed E-state index contributed by atoms with van der Waals surface area (Å²) in [4.78, 5) is 3.87. The highest BCUT2D eigenvalue weighted by atomic mass is 32.2. The van der Waals surface area contributed by atoms with Crippen LogP contribution in [0, 0.1) is 0 Å². The van der Waals surface area contributed by atoms with Crippen LogP contribution in [-0.2, 0) is 16.4 Å². The zero-order valence-electron chi connectivity index (χ0n) is 10.9. The lowest BCUT2D eigenvalue weighted by Gasteiger charge is -2.12. The van der Waals surface area contributed by atoms with Crippen molar-refractivity contribution in [3.63, 3.8) is 0 Å². The van der Waals surface area contributed by atoms with Gasteiger partial charge in [-0.15, -0.1) is 0 Å². The molecule has 0 saturated heterocycles. The highest BCUT2D eigenvalue weighted by Gasteiger charge is 2.27. The molecule has 3 N–H and O–H groups in total. The summed E-state index contributed by atoms with van der Waals surface area (Å²) in [6.07, 6.45) is 1.78. The molecule has 2 rings (SSSR count). The van der Waals surface area contributed by atoms with Crippen LogP contribution in [-0.4, -0.2) is 47.9 Å². The first kappa shape index (κ1) is 14.7. The quantitative estimate of drug-likeness (QED) is 0.762. The van der Waals surface area contributed by atoms with E-state index < -0.39 is 10.0 Å². The molecular weight excluding hydrogens is 304 g/mol. The van der Waals surface area contributed by atoms with Gasteiger partial charge in [0.05, 0.1) is 0 Å². The number of anilines is 2. The molecule has 0 fully saturated rings. The van der Waals surface area contributed by atoms with Gasteiger partial charge in [-0.2, -0.15) is 9.36 Å². The third-order valence-corrected chi connectivity index (χ3v) is 5.28. The number of rotatable bonds is 6. The van der Waals surface area contributed by atoms with Gasteiger partial charge in [-0.3, -0.25) is 0 Å². The largest absolute Gasteiger partial charge is 0.382 e. The van der Waals surface area contributed by atoms with Crippen LogP contribution in [0.5, 0.6) is 0 Å². The molecule has 0 aliphatic rings. The van der Waals surface area contributed by atoms with Crippen molar-refractivity contribution in [2.75, 3.05) is 31.7 Å². The number of aromatic nitrogens is 3. The maximum atomic E-state index is 12.2. The third-order valence-electron chi connectivity index (χ3n) is 2.44. The average Bonchev–Trinajstić information content (AvgIpc) is 2.99. The minimum Gasteiger partial charge on any atom is -0.382 e. The predicted molar refractivity (Wildman–Crippen MR) is 73.9 cm³/mol. The summed E-state index contributed by atoms with van der Waals surface area (Å²) < 4.78 is 34.1. The van der Waals surface area contributed by atoms with E-state index in [1.54, 1.807) is 0 Å². The van der Waals surface area contributed by atoms with Crippen molar-refractivity contribution in [2.24, 2.45) is 0 Å². The van der Waals surface area contributed by atoms with Crippen LogP contribution >= 0.6 is 11.5 Å². The molecule has 0 aromatic carbocycles. The minimum atomic E-state index is -3.64. The van der Waals surface area contributed by atoms with Gasteiger partial charge in [0, 0.05) is 27.1 Å². The van der Waals surface area contributed by atoms with Crippen molar-refractivity contribution in [3.05, 3.63) is 12.2 Å². The number of sulfonamides is 1. The fraction of sp³-hybridized carbons (Fsp3) is 0.444. The van der Waals surface area contributed by atoms with Crippen LogP contribution in [0.3, 0.4) is 0 Å². The Morgan fingerprint density at radius 3 is 2.85 bits per heavy atom. The molecule has 2 aromatic heterocycles. The van der Waals surface area contributed by atoms with E-state index in [0.29, 0.717) is 23.9 Å². The zero-order chi connectivity index (χ0) is 14.8. The average molecular weight is 318 g/mol. The fourth-order valence-electron chi connectivity index (χ4n) is 1.43. The van der Waals surface area contributed by atoms with Crippen molar-refractivity contribution in [2.45, 2.75) is 11.3 Å². The molecule has 0 spiro atoms. The van der Waals surface area contributed by atoms with Crippen molar-refractivity contribution >= 4 is 32.4 Å². The van der Waals surface area contributed by atoms with E-state index in [1.165, 1.54) is 20.4 Å². The molecule has 0 aliphatic carbocycles. The van der Waals surface area contributed by atoms with E-state index in [-0.39, 0.29) is 10.7 Å². The Labute approximate surface area is 120 Å². The van der Waals surface area contributed by atoms with Gasteiger partial charge in [-0.25, -0.2) is 12.7 Å². The number of nitrogens with two attached hydrogens (primary N) is 1. The monoisotopic (exact) mass is 318 g/mol. The van der Waals surface area contributed by atoms with Gasteiger partial charge in [-0.1, -0.05) is 5.16 Å². The molecule has 2 heterocycles. The van der Waals surface area contributed by atoms with Crippen molar-refractivity contribution in [3.8, 4) is 0 Å². The standard InChI is InChI=1S/C9H14N6O3S2/c1-15(2)20(16,17)7-8(10)14-19-9(7)11-4-3-6-12-5-13-18-6/h5,11H,3-4H2,1-2H3,(H2,10,14). The normalized spacial score (nSPS) is 11.9. The van der Waals surface area contributed by atoms with Crippen LogP contribution < -0.4 is 11.1 Å². The number of nitrogens with one attached hydrogen (secondary N) is 1. The van der Waals surface area contributed by atoms with E-state index in [4.69, 9.17) is 10.3 Å². The van der Waals surface area contributed by atoms with E-state index in [1.807, 2.05) is 0 Å². The van der Waals surface area contributed by atoms with Gasteiger partial charge >= 0.3 is 0 Å². The first-order valence-electron chi connectivity index (χ1n) is 5.60. The molecule has 2 aromatic rings. The van der Waals surface area contributed by atoms with Crippen LogP contribution in [0.15, 0.2) is 15.7 Å². The molecule has 0 amide bonds. The highest BCUT2D eigenvalue weighted by Crippen LogP contribution is 2.32. The van der Waals surface area contributed by atoms with Crippen LogP contribution in [0.25, 0.3) is 0 Å². The summed E-state index contributed by atoms with van der Waals surface area (Å²) in [5.41, 5.74) is 5.64. The molecule has 11 heteroatoms. The van der Waals surface area contributed by atoms with Gasteiger partial charge in [0.2, 0.25) is 15.9 Å². The van der Waals surface area contributed by atoms with E-state index in [0.717, 1.165) is 15.8 Å². The summed E-state index contributed by atoms with van der Waals surface area (Å²) in [7, 11) is -0.758. The Morgan fingerprint density at radius 1 is 1.50 bits per heavy atom. The first-order chi connectivity index (χ1) is 9.43. The summed E-state index contributed by atoms with van der Waals surface area (Å²) in [5.74, 6) is 0.455. The topological polar surface area (TPSA) is 127 Å². The van der Waals surface area contributed by atoms with E-state index >= 15 is 0 Å². The second-order valence-corrected chi connectivity index (χ2v) is 6.89. The second-order valence-electron chi connectivity index (χ2n) is 4.03. The molecule has 0 atom stereocenters. The van der Waals surface area contributed by atoms with Crippen LogP contribution in [0.4, 0.5) is 10.8 Å². The molecule has 0 bridgehead atoms. The second kappa shape index (κ2) is 5.73. The summed E-state index contributed by atoms with van der Waals surface area (Å²) >= 11 is 0.999. The summed E-state index contributed by atoms with van der Waals surface area (Å²) in [6.45, 7) is 0.430. The van der Waals surface area contributed by atoms with Gasteiger partial charge in [-0.05, 0) is 11.5 Å². The number of hydrogen-bond donors (Lipinski definition) is 2. The fourth-order valence-corrected chi connectivity index (χ4v) is 3.53. The van der Waals surface area contributed by atoms with Crippen LogP contribution in [0.1, 0.15) is 5.89 Å². The molecule has 0 aliphatic heterocycles. The third kappa shape index (κ3) is 2.89. The lowest BCUT2D eigenvalue weighted by atomic mass is 10.4. The molecule has 110 valence electrons. The maximum Gasteiger partial charge on any atom is 0.249 e. The SMILES string of the molecule is CN(C)S(=O)(=O)c1c(N)nsc1NCCc1ncno1. The number of hydrogen-bond acceptors (Lipinski definition) is 9. The lowest BCUT2D eigenvalue weighted by molar-refractivity contribution is 0.380. The molecule has 0 radical (unpaired) electrons. The Balaban J connectivity index is 2.13. The van der Waals surface area contributed by atoms with Crippen molar-refractivity contribution in [1.82, 2.24) is 18.8 Å². The Morgan fingerprint density at radius 2 is 2.25 bits per heavy atom. The van der Waals surface area contributed by atoms with Gasteiger partial charge < -0.3 is 15.6 Å². The Kier molecular flexibility index (Phi) is 4.20. The predicted octanol–water partition coefficient (Wildman–Crippen LogP) is 0.0132. The van der Waals surface area contributed by atoms with Gasteiger partial charge in [0.1, 0.15) is 5.00 Å². The molecule has 20 heavy (non-hydrogen) atoms. The lowest BCUT2D eigenvalue weighted by Crippen LogP contribution is -2.23. The Hall–Kier alpha value is -1.72. The smallest absolute Gasteiger partial charge is 0.249 e. The van der Waals surface area contributed by atoms with E-state index in [9.17, 15) is 8.42 Å². The highest BCUT2D eigenvalue weighted by molar-refractivity contribution is 7.89. The van der Waals surface area contributed by atoms with E-state index in [2.05, 4.69) is 19.8 Å². The first-order valence-corrected chi connectivity index (χ1v) is 7.81. The van der Waals surface area contributed by atoms with Crippen molar-refractivity contribution in [1.29, 1.82) is 0 Å². The molecule has 0 saturated carbocycles. The molecule has 9 nitrogen and oxygen atoms in total. The number of nitrogens with zero attached hydrogens (tertiary/aromatic N) is 4. The maximum absolute atomic E-state index is 12.2. The summed E-state index contributed by atoms with van der Waals surface area (Å²) in [5, 5.41) is 6.86. The van der Waals surface area contributed by atoms with Crippen LogP contribution in [0.2, 0.25) is 0 Å². The summed E-state index contributed by atoms with van der Waals surface area (Å²) in [6, 6.07) is 0.